The van der Waals surface area contributed by atoms with Crippen molar-refractivity contribution in [3.63, 3.8) is 0 Å². The lowest BCUT2D eigenvalue weighted by atomic mass is 9.83. The Bertz CT molecular complexity index is 971. The Morgan fingerprint density at radius 3 is 2.47 bits per heavy atom. The van der Waals surface area contributed by atoms with Crippen LogP contribution in [0.5, 0.6) is 0 Å². The maximum Gasteiger partial charge on any atom is 0.250 e. The molecule has 2 heterocycles. The van der Waals surface area contributed by atoms with Crippen molar-refractivity contribution < 1.29 is 44.2 Å². The van der Waals surface area contributed by atoms with Crippen LogP contribution in [-0.4, -0.2) is 139 Å². The molecular formula is C27H51N7O9. The van der Waals surface area contributed by atoms with Gasteiger partial charge in [-0.25, -0.2) is 0 Å². The summed E-state index contributed by atoms with van der Waals surface area (Å²) in [4.78, 5) is 12.6. The first-order chi connectivity index (χ1) is 20.3. The predicted octanol–water partition coefficient (Wildman–Crippen LogP) is -5.00. The third-order valence-corrected chi connectivity index (χ3v) is 9.02. The van der Waals surface area contributed by atoms with Gasteiger partial charge < -0.3 is 78.3 Å². The number of nitrogens with one attached hydrogen (secondary N) is 3. The number of amides is 1. The van der Waals surface area contributed by atoms with E-state index < -0.39 is 78.8 Å². The van der Waals surface area contributed by atoms with Gasteiger partial charge in [-0.2, -0.15) is 0 Å². The maximum absolute atomic E-state index is 12.6. The van der Waals surface area contributed by atoms with E-state index in [0.717, 1.165) is 19.4 Å². The molecule has 0 aromatic carbocycles. The zero-order valence-electron chi connectivity index (χ0n) is 24.9. The highest BCUT2D eigenvalue weighted by Crippen LogP contribution is 2.43. The molecule has 2 aliphatic carbocycles. The predicted molar refractivity (Wildman–Crippen MR) is 154 cm³/mol. The number of carbonyl (C=O) groups excluding carboxylic acids is 1. The molecule has 248 valence electrons. The molecule has 0 aromatic rings. The summed E-state index contributed by atoms with van der Waals surface area (Å²) in [6.07, 6.45) is -4.12. The summed E-state index contributed by atoms with van der Waals surface area (Å²) in [5.41, 5.74) is 22.8. The van der Waals surface area contributed by atoms with Crippen molar-refractivity contribution in [2.75, 3.05) is 39.8 Å². The molecule has 15 N–H and O–H groups in total. The van der Waals surface area contributed by atoms with Crippen molar-refractivity contribution in [3.8, 4) is 0 Å². The van der Waals surface area contributed by atoms with Crippen LogP contribution in [0.4, 0.5) is 0 Å². The third-order valence-electron chi connectivity index (χ3n) is 9.02. The summed E-state index contributed by atoms with van der Waals surface area (Å²) in [6, 6.07) is -3.08. The molecule has 16 nitrogen and oxygen atoms in total. The topological polar surface area (TPSA) is 275 Å². The van der Waals surface area contributed by atoms with Gasteiger partial charge in [0, 0.05) is 19.1 Å². The molecule has 4 aliphatic rings. The lowest BCUT2D eigenvalue weighted by molar-refractivity contribution is -0.304. The molecule has 0 aromatic heterocycles. The molecule has 0 unspecified atom stereocenters. The largest absolute Gasteiger partial charge is 0.467 e. The number of ether oxygens (including phenoxy) is 4. The number of hydrogen-bond donors (Lipinski definition) is 11. The Kier molecular flexibility index (Phi) is 11.4. The molecule has 12 atom stereocenters. The third kappa shape index (κ3) is 8.02. The first-order valence-corrected chi connectivity index (χ1v) is 15.0. The average Bonchev–Trinajstić information content (AvgIpc) is 3.75. The van der Waals surface area contributed by atoms with Crippen LogP contribution in [0, 0.1) is 5.41 Å². The van der Waals surface area contributed by atoms with E-state index in [-0.39, 0.29) is 25.0 Å². The second-order valence-corrected chi connectivity index (χ2v) is 12.6. The quantitative estimate of drug-likeness (QED) is 0.0923. The zero-order valence-corrected chi connectivity index (χ0v) is 24.9. The number of aliphatic hydroxyl groups excluding tert-OH is 3. The molecule has 0 spiro atoms. The van der Waals surface area contributed by atoms with Crippen molar-refractivity contribution in [2.45, 2.75) is 105 Å². The SMILES string of the molecule is CN[C@@H]1[C@@H](O)[C@@H](O[C@@H]2[C@@H](O)[C@H](O[C@H]3OC(CNCC4(CN)CC4)=CC[C@H]3N)[C@@H](N)C[C@H]2NC(=O)[C@@H](O)CN)OC[C@]1(C)O. The molecule has 4 rings (SSSR count). The summed E-state index contributed by atoms with van der Waals surface area (Å²) < 4.78 is 24.0. The van der Waals surface area contributed by atoms with Gasteiger partial charge >= 0.3 is 0 Å². The molecule has 1 saturated heterocycles. The van der Waals surface area contributed by atoms with Crippen molar-refractivity contribution in [1.82, 2.24) is 16.0 Å². The van der Waals surface area contributed by atoms with Crippen LogP contribution in [-0.2, 0) is 23.7 Å². The summed E-state index contributed by atoms with van der Waals surface area (Å²) in [6.45, 7) is 2.88. The second-order valence-electron chi connectivity index (χ2n) is 12.6. The molecular weight excluding hydrogens is 566 g/mol. The van der Waals surface area contributed by atoms with E-state index in [4.69, 9.17) is 41.9 Å². The van der Waals surface area contributed by atoms with E-state index in [1.165, 1.54) is 6.92 Å². The van der Waals surface area contributed by atoms with Gasteiger partial charge in [-0.1, -0.05) is 0 Å². The van der Waals surface area contributed by atoms with Gasteiger partial charge in [0.15, 0.2) is 6.29 Å². The second kappa shape index (κ2) is 14.3. The Hall–Kier alpha value is -1.51. The molecule has 2 saturated carbocycles. The molecule has 0 radical (unpaired) electrons. The molecule has 3 fully saturated rings. The fourth-order valence-corrected chi connectivity index (χ4v) is 5.99. The maximum atomic E-state index is 12.6. The van der Waals surface area contributed by atoms with Crippen LogP contribution in [0.3, 0.4) is 0 Å². The number of rotatable bonds is 13. The number of aliphatic hydroxyl groups is 4. The van der Waals surface area contributed by atoms with E-state index in [1.54, 1.807) is 7.05 Å². The highest BCUT2D eigenvalue weighted by molar-refractivity contribution is 5.81. The minimum atomic E-state index is -1.49. The monoisotopic (exact) mass is 617 g/mol. The Morgan fingerprint density at radius 1 is 1.14 bits per heavy atom. The van der Waals surface area contributed by atoms with Gasteiger partial charge in [0.2, 0.25) is 12.2 Å². The minimum Gasteiger partial charge on any atom is -0.467 e. The molecule has 1 amide bonds. The lowest BCUT2D eigenvalue weighted by Crippen LogP contribution is -2.69. The van der Waals surface area contributed by atoms with E-state index >= 15 is 0 Å². The van der Waals surface area contributed by atoms with Crippen molar-refractivity contribution >= 4 is 5.91 Å². The van der Waals surface area contributed by atoms with Crippen LogP contribution in [0.25, 0.3) is 0 Å². The smallest absolute Gasteiger partial charge is 0.250 e. The number of hydrogen-bond acceptors (Lipinski definition) is 15. The normalized spacial score (nSPS) is 41.6. The van der Waals surface area contributed by atoms with Crippen LogP contribution in [0.15, 0.2) is 11.8 Å². The van der Waals surface area contributed by atoms with Crippen LogP contribution in [0.1, 0.15) is 32.6 Å². The van der Waals surface area contributed by atoms with Gasteiger partial charge in [-0.3, -0.25) is 4.79 Å². The Labute approximate surface area is 251 Å². The van der Waals surface area contributed by atoms with E-state index in [0.29, 0.717) is 25.3 Å². The fraction of sp³-hybridized carbons (Fsp3) is 0.889. The lowest BCUT2D eigenvalue weighted by Gasteiger charge is -2.48. The van der Waals surface area contributed by atoms with Gasteiger partial charge in [0.05, 0.1) is 31.3 Å². The van der Waals surface area contributed by atoms with Gasteiger partial charge in [-0.05, 0) is 57.7 Å². The first-order valence-electron chi connectivity index (χ1n) is 15.0. The van der Waals surface area contributed by atoms with Crippen molar-refractivity contribution in [2.24, 2.45) is 28.3 Å². The van der Waals surface area contributed by atoms with Gasteiger partial charge in [0.1, 0.15) is 41.9 Å². The fourth-order valence-electron chi connectivity index (χ4n) is 5.99. The summed E-state index contributed by atoms with van der Waals surface area (Å²) >= 11 is 0. The number of carbonyl (C=O) groups is 1. The minimum absolute atomic E-state index is 0.0682. The van der Waals surface area contributed by atoms with Crippen LogP contribution < -0.4 is 38.9 Å². The van der Waals surface area contributed by atoms with Gasteiger partial charge in [0.25, 0.3) is 0 Å². The Morgan fingerprint density at radius 2 is 1.84 bits per heavy atom. The molecule has 16 heteroatoms. The van der Waals surface area contributed by atoms with E-state index in [1.807, 2.05) is 6.08 Å². The molecule has 43 heavy (non-hydrogen) atoms. The van der Waals surface area contributed by atoms with E-state index in [9.17, 15) is 25.2 Å². The van der Waals surface area contributed by atoms with Crippen molar-refractivity contribution in [3.05, 3.63) is 11.8 Å². The Balaban J connectivity index is 1.46. The first kappa shape index (κ1) is 34.4. The summed E-state index contributed by atoms with van der Waals surface area (Å²) in [7, 11) is 1.58. The molecule has 0 bridgehead atoms. The van der Waals surface area contributed by atoms with Crippen LogP contribution >= 0.6 is 0 Å². The van der Waals surface area contributed by atoms with Gasteiger partial charge in [-0.15, -0.1) is 0 Å². The zero-order chi connectivity index (χ0) is 31.5. The van der Waals surface area contributed by atoms with Crippen LogP contribution in [0.2, 0.25) is 0 Å². The average molecular weight is 618 g/mol. The summed E-state index contributed by atoms with van der Waals surface area (Å²) in [5, 5.41) is 52.0. The van der Waals surface area contributed by atoms with Crippen molar-refractivity contribution in [1.29, 1.82) is 0 Å². The molecule has 2 aliphatic heterocycles. The summed E-state index contributed by atoms with van der Waals surface area (Å²) in [5.74, 6) is -0.125. The number of nitrogens with two attached hydrogens (primary N) is 4. The number of likely N-dealkylation sites (N-methyl/N-ethyl adjacent to an activating group) is 1. The standard InChI is InChI=1S/C27H51N7O9/c1-26(39)12-40-25(19(37)22(26)32-2)43-21-16(34-23(38)17(35)8-28)7-15(31)20(18(21)36)42-24-14(30)4-3-13(41-24)9-33-11-27(10-29)5-6-27/h3,14-22,24-25,32-33,35-37,39H,4-12,28-31H2,1-2H3,(H,34,38)/t14-,15+,16-,17+,18+,19-,20-,21+,22-,24-,25-,26+/m1/s1. The highest BCUT2D eigenvalue weighted by atomic mass is 16.7. The highest BCUT2D eigenvalue weighted by Gasteiger charge is 2.52. The van der Waals surface area contributed by atoms with E-state index in [2.05, 4.69) is 16.0 Å².